The first-order chi connectivity index (χ1) is 8.81. The van der Waals surface area contributed by atoms with Crippen molar-refractivity contribution in [2.24, 2.45) is 0 Å². The summed E-state index contributed by atoms with van der Waals surface area (Å²) in [5.41, 5.74) is 1.67. The van der Waals surface area contributed by atoms with Crippen LogP contribution < -0.4 is 4.84 Å². The summed E-state index contributed by atoms with van der Waals surface area (Å²) in [5.74, 6) is 0. The predicted molar refractivity (Wildman–Crippen MR) is 68.4 cm³/mol. The van der Waals surface area contributed by atoms with E-state index >= 15 is 0 Å². The Morgan fingerprint density at radius 3 is 1.94 bits per heavy atom. The molecule has 0 unspecified atom stereocenters. The summed E-state index contributed by atoms with van der Waals surface area (Å²) in [7, 11) is 1.29. The second-order valence-corrected chi connectivity index (χ2v) is 3.87. The summed E-state index contributed by atoms with van der Waals surface area (Å²) in [5, 5.41) is 2.08. The van der Waals surface area contributed by atoms with E-state index in [1.165, 1.54) is 11.8 Å². The fourth-order valence-electron chi connectivity index (χ4n) is 2.10. The number of methoxy groups -OCH3 is 1. The third kappa shape index (κ3) is 1.50. The van der Waals surface area contributed by atoms with Gasteiger partial charge in [0, 0.05) is 10.8 Å². The first kappa shape index (κ1) is 10.7. The summed E-state index contributed by atoms with van der Waals surface area (Å²) >= 11 is 0. The van der Waals surface area contributed by atoms with Crippen LogP contribution in [0.5, 0.6) is 0 Å². The van der Waals surface area contributed by atoms with Gasteiger partial charge >= 0.3 is 6.16 Å². The van der Waals surface area contributed by atoms with Crippen molar-refractivity contribution in [3.63, 3.8) is 0 Å². The molecule has 18 heavy (non-hydrogen) atoms. The molecule has 0 fully saturated rings. The molecule has 0 N–H and O–H groups in total. The van der Waals surface area contributed by atoms with E-state index in [9.17, 15) is 4.79 Å². The Hall–Kier alpha value is -2.49. The summed E-state index contributed by atoms with van der Waals surface area (Å²) < 4.78 is 6.04. The highest BCUT2D eigenvalue weighted by molar-refractivity contribution is 6.07. The average molecular weight is 241 g/mol. The predicted octanol–water partition coefficient (Wildman–Crippen LogP) is 2.99. The van der Waals surface area contributed by atoms with Gasteiger partial charge in [-0.15, -0.1) is 0 Å². The topological polar surface area (TPSA) is 40.5 Å². The Morgan fingerprint density at radius 1 is 0.944 bits per heavy atom. The number of hydrogen-bond acceptors (Lipinski definition) is 3. The summed E-state index contributed by atoms with van der Waals surface area (Å²) in [4.78, 5) is 16.5. The molecule has 0 aliphatic rings. The van der Waals surface area contributed by atoms with Crippen LogP contribution in [0.3, 0.4) is 0 Å². The van der Waals surface area contributed by atoms with Crippen molar-refractivity contribution in [2.45, 2.75) is 0 Å². The quantitative estimate of drug-likeness (QED) is 0.615. The number of rotatable bonds is 1. The first-order valence-electron chi connectivity index (χ1n) is 5.56. The standard InChI is InChI=1S/C14H11NO3/c1-17-14(16)18-15-12-8-4-2-6-10(12)11-7-3-5-9-13(11)15/h2-9H,1H3. The molecule has 4 heteroatoms. The molecule has 0 amide bonds. The molecule has 90 valence electrons. The number of hydrogen-bond donors (Lipinski definition) is 0. The first-order valence-corrected chi connectivity index (χ1v) is 5.56. The highest BCUT2D eigenvalue weighted by Gasteiger charge is 2.13. The van der Waals surface area contributed by atoms with Crippen LogP contribution in [-0.4, -0.2) is 18.0 Å². The van der Waals surface area contributed by atoms with Crippen LogP contribution in [-0.2, 0) is 4.74 Å². The number of ether oxygens (including phenoxy) is 1. The van der Waals surface area contributed by atoms with Crippen LogP contribution in [0, 0.1) is 0 Å². The number of para-hydroxylation sites is 2. The molecule has 0 aliphatic heterocycles. The maximum atomic E-state index is 11.3. The van der Waals surface area contributed by atoms with E-state index < -0.39 is 6.16 Å². The molecule has 0 radical (unpaired) electrons. The molecule has 0 saturated carbocycles. The largest absolute Gasteiger partial charge is 0.533 e. The van der Waals surface area contributed by atoms with Gasteiger partial charge in [0.1, 0.15) is 0 Å². The van der Waals surface area contributed by atoms with Gasteiger partial charge in [-0.25, -0.2) is 4.79 Å². The summed E-state index contributed by atoms with van der Waals surface area (Å²) in [6.45, 7) is 0. The smallest absolute Gasteiger partial charge is 0.436 e. The highest BCUT2D eigenvalue weighted by Crippen LogP contribution is 2.27. The third-order valence-corrected chi connectivity index (χ3v) is 2.87. The van der Waals surface area contributed by atoms with E-state index in [4.69, 9.17) is 4.84 Å². The van der Waals surface area contributed by atoms with Crippen molar-refractivity contribution in [2.75, 3.05) is 7.11 Å². The zero-order chi connectivity index (χ0) is 12.5. The zero-order valence-electron chi connectivity index (χ0n) is 9.79. The van der Waals surface area contributed by atoms with E-state index in [-0.39, 0.29) is 0 Å². The van der Waals surface area contributed by atoms with E-state index in [0.29, 0.717) is 0 Å². The van der Waals surface area contributed by atoms with Gasteiger partial charge in [0.25, 0.3) is 0 Å². The summed E-state index contributed by atoms with van der Waals surface area (Å²) in [6, 6.07) is 15.5. The Kier molecular flexibility index (Phi) is 2.41. The Balaban J connectivity index is 2.34. The van der Waals surface area contributed by atoms with Gasteiger partial charge in [-0.3, -0.25) is 0 Å². The van der Waals surface area contributed by atoms with E-state index in [1.807, 2.05) is 48.5 Å². The maximum absolute atomic E-state index is 11.3. The van der Waals surface area contributed by atoms with Gasteiger partial charge in [-0.2, -0.15) is 4.73 Å². The second-order valence-electron chi connectivity index (χ2n) is 3.87. The van der Waals surface area contributed by atoms with Crippen LogP contribution in [0.25, 0.3) is 21.8 Å². The Morgan fingerprint density at radius 2 is 1.44 bits per heavy atom. The SMILES string of the molecule is COC(=O)On1c2ccccc2c2ccccc21. The van der Waals surface area contributed by atoms with Gasteiger partial charge in [-0.1, -0.05) is 36.4 Å². The molecular weight excluding hydrogens is 230 g/mol. The zero-order valence-corrected chi connectivity index (χ0v) is 9.79. The van der Waals surface area contributed by atoms with Gasteiger partial charge in [-0.05, 0) is 12.1 Å². The number of aromatic nitrogens is 1. The molecule has 1 aromatic heterocycles. The van der Waals surface area contributed by atoms with Crippen LogP contribution in [0.2, 0.25) is 0 Å². The van der Waals surface area contributed by atoms with Crippen molar-refractivity contribution >= 4 is 28.0 Å². The second kappa shape index (κ2) is 4.07. The molecule has 0 atom stereocenters. The summed E-state index contributed by atoms with van der Waals surface area (Å²) in [6.07, 6.45) is -0.735. The van der Waals surface area contributed by atoms with Gasteiger partial charge < -0.3 is 9.57 Å². The number of carbonyl (C=O) groups is 1. The Labute approximate surface area is 103 Å². The van der Waals surface area contributed by atoms with Gasteiger partial charge in [0.15, 0.2) is 0 Å². The lowest BCUT2D eigenvalue weighted by molar-refractivity contribution is 0.0717. The number of carbonyl (C=O) groups excluding carboxylic acids is 1. The fourth-order valence-corrected chi connectivity index (χ4v) is 2.10. The van der Waals surface area contributed by atoms with Crippen molar-refractivity contribution in [3.8, 4) is 0 Å². The normalized spacial score (nSPS) is 10.7. The van der Waals surface area contributed by atoms with Crippen LogP contribution in [0.4, 0.5) is 4.79 Å². The monoisotopic (exact) mass is 241 g/mol. The molecule has 4 nitrogen and oxygen atoms in total. The van der Waals surface area contributed by atoms with E-state index in [2.05, 4.69) is 4.74 Å². The number of fused-ring (bicyclic) bond motifs is 3. The minimum absolute atomic E-state index is 0.735. The molecular formula is C14H11NO3. The number of benzene rings is 2. The van der Waals surface area contributed by atoms with Gasteiger partial charge in [0.2, 0.25) is 0 Å². The minimum Gasteiger partial charge on any atom is -0.436 e. The average Bonchev–Trinajstić information content (AvgIpc) is 2.74. The maximum Gasteiger partial charge on any atom is 0.533 e. The molecule has 3 rings (SSSR count). The lowest BCUT2D eigenvalue weighted by Crippen LogP contribution is -2.18. The van der Waals surface area contributed by atoms with Crippen molar-refractivity contribution < 1.29 is 14.4 Å². The molecule has 2 aromatic carbocycles. The molecule has 3 aromatic rings. The van der Waals surface area contributed by atoms with Crippen LogP contribution in [0.15, 0.2) is 48.5 Å². The highest BCUT2D eigenvalue weighted by atomic mass is 16.8. The Bertz CT molecular complexity index is 677. The van der Waals surface area contributed by atoms with Crippen molar-refractivity contribution in [1.29, 1.82) is 0 Å². The van der Waals surface area contributed by atoms with E-state index in [0.717, 1.165) is 21.8 Å². The van der Waals surface area contributed by atoms with Crippen LogP contribution in [0.1, 0.15) is 0 Å². The van der Waals surface area contributed by atoms with Crippen molar-refractivity contribution in [3.05, 3.63) is 48.5 Å². The number of nitrogens with zero attached hydrogens (tertiary/aromatic N) is 1. The molecule has 0 spiro atoms. The molecule has 1 heterocycles. The van der Waals surface area contributed by atoms with E-state index in [1.54, 1.807) is 0 Å². The molecule has 0 saturated heterocycles. The lowest BCUT2D eigenvalue weighted by atomic mass is 10.2. The fraction of sp³-hybridized carbons (Fsp3) is 0.0714. The lowest BCUT2D eigenvalue weighted by Gasteiger charge is -2.05. The van der Waals surface area contributed by atoms with Crippen molar-refractivity contribution in [1.82, 2.24) is 4.73 Å². The van der Waals surface area contributed by atoms with Crippen LogP contribution >= 0.6 is 0 Å². The minimum atomic E-state index is -0.735. The van der Waals surface area contributed by atoms with Gasteiger partial charge in [0.05, 0.1) is 18.1 Å². The third-order valence-electron chi connectivity index (χ3n) is 2.87. The molecule has 0 aliphatic carbocycles. The molecule has 0 bridgehead atoms.